The van der Waals surface area contributed by atoms with Gasteiger partial charge in [0, 0.05) is 6.42 Å². The largest absolute Gasteiger partial charge is 0.303 e. The third-order valence-electron chi connectivity index (χ3n) is 5.64. The van der Waals surface area contributed by atoms with E-state index in [1.165, 1.54) is 19.3 Å². The highest BCUT2D eigenvalue weighted by atomic mass is 16.1. The molecule has 86 valence electrons. The minimum atomic E-state index is 0.426. The molecule has 0 saturated heterocycles. The molecule has 0 heterocycles. The third-order valence-corrected chi connectivity index (χ3v) is 5.64. The zero-order chi connectivity index (χ0) is 11.3. The first-order valence-corrected chi connectivity index (χ1v) is 6.35. The molecule has 0 aromatic heterocycles. The van der Waals surface area contributed by atoms with E-state index in [-0.39, 0.29) is 0 Å². The van der Waals surface area contributed by atoms with Crippen LogP contribution in [0.1, 0.15) is 53.4 Å². The van der Waals surface area contributed by atoms with Crippen LogP contribution in [0.15, 0.2) is 0 Å². The molecule has 2 aliphatic rings. The molecule has 0 aromatic rings. The molecule has 4 atom stereocenters. The van der Waals surface area contributed by atoms with Crippen LogP contribution in [-0.2, 0) is 4.79 Å². The van der Waals surface area contributed by atoms with Crippen LogP contribution in [0.3, 0.4) is 0 Å². The van der Waals surface area contributed by atoms with Gasteiger partial charge in [-0.25, -0.2) is 0 Å². The summed E-state index contributed by atoms with van der Waals surface area (Å²) in [6, 6.07) is 0. The Balaban J connectivity index is 2.03. The lowest BCUT2D eigenvalue weighted by molar-refractivity contribution is -0.109. The van der Waals surface area contributed by atoms with Crippen LogP contribution in [0.5, 0.6) is 0 Å². The molecule has 2 fully saturated rings. The number of aldehydes is 1. The Bertz CT molecular complexity index is 269. The molecular weight excluding hydrogens is 184 g/mol. The number of hydrogen-bond acceptors (Lipinski definition) is 1. The predicted molar refractivity (Wildman–Crippen MR) is 62.6 cm³/mol. The average Bonchev–Trinajstić information content (AvgIpc) is 2.69. The Kier molecular flexibility index (Phi) is 2.48. The Morgan fingerprint density at radius 1 is 1.33 bits per heavy atom. The van der Waals surface area contributed by atoms with Crippen LogP contribution in [-0.4, -0.2) is 6.29 Å². The lowest BCUT2D eigenvalue weighted by atomic mass is 9.67. The van der Waals surface area contributed by atoms with Gasteiger partial charge in [0.25, 0.3) is 0 Å². The molecule has 0 amide bonds. The Labute approximate surface area is 93.6 Å². The van der Waals surface area contributed by atoms with Gasteiger partial charge in [0.05, 0.1) is 0 Å². The SMILES string of the molecule is CC(CC=O)C1(C)CCC2C(C1)C2(C)C. The van der Waals surface area contributed by atoms with Crippen molar-refractivity contribution in [3.05, 3.63) is 0 Å². The van der Waals surface area contributed by atoms with E-state index in [0.29, 0.717) is 16.7 Å². The van der Waals surface area contributed by atoms with E-state index >= 15 is 0 Å². The summed E-state index contributed by atoms with van der Waals surface area (Å²) in [6.07, 6.45) is 5.90. The maximum absolute atomic E-state index is 10.6. The summed E-state index contributed by atoms with van der Waals surface area (Å²) in [5.41, 5.74) is 1.02. The predicted octanol–water partition coefficient (Wildman–Crippen LogP) is 3.67. The second-order valence-electron chi connectivity index (χ2n) is 6.73. The van der Waals surface area contributed by atoms with E-state index < -0.39 is 0 Å². The van der Waals surface area contributed by atoms with E-state index in [1.54, 1.807) is 0 Å². The van der Waals surface area contributed by atoms with Crippen molar-refractivity contribution in [2.75, 3.05) is 0 Å². The summed E-state index contributed by atoms with van der Waals surface area (Å²) in [5.74, 6) is 2.48. The fraction of sp³-hybridized carbons (Fsp3) is 0.929. The minimum absolute atomic E-state index is 0.426. The van der Waals surface area contributed by atoms with Crippen molar-refractivity contribution >= 4 is 6.29 Å². The fourth-order valence-electron chi connectivity index (χ4n) is 3.80. The lowest BCUT2D eigenvalue weighted by Gasteiger charge is -2.38. The lowest BCUT2D eigenvalue weighted by Crippen LogP contribution is -2.29. The Morgan fingerprint density at radius 3 is 2.53 bits per heavy atom. The Hall–Kier alpha value is -0.330. The van der Waals surface area contributed by atoms with Gasteiger partial charge in [-0.15, -0.1) is 0 Å². The van der Waals surface area contributed by atoms with Crippen molar-refractivity contribution in [2.45, 2.75) is 53.4 Å². The van der Waals surface area contributed by atoms with Gasteiger partial charge in [-0.05, 0) is 47.8 Å². The summed E-state index contributed by atoms with van der Waals surface area (Å²) >= 11 is 0. The highest BCUT2D eigenvalue weighted by Gasteiger charge is 2.61. The second-order valence-corrected chi connectivity index (χ2v) is 6.73. The number of hydrogen-bond donors (Lipinski definition) is 0. The molecule has 2 saturated carbocycles. The van der Waals surface area contributed by atoms with Crippen LogP contribution < -0.4 is 0 Å². The summed E-state index contributed by atoms with van der Waals surface area (Å²) in [5, 5.41) is 0. The van der Waals surface area contributed by atoms with Crippen molar-refractivity contribution in [3.63, 3.8) is 0 Å². The van der Waals surface area contributed by atoms with Crippen LogP contribution in [0.4, 0.5) is 0 Å². The molecule has 2 aliphatic carbocycles. The second kappa shape index (κ2) is 3.33. The molecule has 0 radical (unpaired) electrons. The Morgan fingerprint density at radius 2 is 2.00 bits per heavy atom. The first kappa shape index (κ1) is 11.2. The third kappa shape index (κ3) is 1.64. The van der Waals surface area contributed by atoms with Gasteiger partial charge >= 0.3 is 0 Å². The topological polar surface area (TPSA) is 17.1 Å². The molecule has 0 N–H and O–H groups in total. The number of rotatable bonds is 3. The quantitative estimate of drug-likeness (QED) is 0.647. The van der Waals surface area contributed by atoms with Crippen molar-refractivity contribution in [1.82, 2.24) is 0 Å². The van der Waals surface area contributed by atoms with Gasteiger partial charge in [-0.3, -0.25) is 0 Å². The molecular formula is C14H24O. The normalized spacial score (nSPS) is 44.3. The van der Waals surface area contributed by atoms with Crippen LogP contribution in [0.2, 0.25) is 0 Å². The van der Waals surface area contributed by atoms with E-state index in [4.69, 9.17) is 0 Å². The van der Waals surface area contributed by atoms with E-state index in [9.17, 15) is 4.79 Å². The van der Waals surface area contributed by atoms with Gasteiger partial charge in [-0.1, -0.05) is 27.7 Å². The molecule has 4 unspecified atom stereocenters. The van der Waals surface area contributed by atoms with E-state index in [1.807, 2.05) is 0 Å². The molecule has 2 rings (SSSR count). The van der Waals surface area contributed by atoms with Crippen molar-refractivity contribution in [3.8, 4) is 0 Å². The molecule has 0 spiro atoms. The van der Waals surface area contributed by atoms with E-state index in [2.05, 4.69) is 27.7 Å². The molecule has 0 aromatic carbocycles. The highest BCUT2D eigenvalue weighted by Crippen LogP contribution is 2.69. The smallest absolute Gasteiger partial charge is 0.120 e. The number of fused-ring (bicyclic) bond motifs is 1. The molecule has 0 aliphatic heterocycles. The van der Waals surface area contributed by atoms with Gasteiger partial charge in [0.1, 0.15) is 6.29 Å². The van der Waals surface area contributed by atoms with Gasteiger partial charge in [0.2, 0.25) is 0 Å². The number of carbonyl (C=O) groups is 1. The fourth-order valence-corrected chi connectivity index (χ4v) is 3.80. The standard InChI is InChI=1S/C14H24O/c1-10(6-8-15)14(4)7-5-11-12(9-14)13(11,2)3/h8,10-12H,5-7,9H2,1-4H3. The summed E-state index contributed by atoms with van der Waals surface area (Å²) in [7, 11) is 0. The first-order valence-electron chi connectivity index (χ1n) is 6.35. The molecule has 0 bridgehead atoms. The monoisotopic (exact) mass is 208 g/mol. The van der Waals surface area contributed by atoms with Crippen molar-refractivity contribution in [1.29, 1.82) is 0 Å². The average molecular weight is 208 g/mol. The van der Waals surface area contributed by atoms with Crippen molar-refractivity contribution in [2.24, 2.45) is 28.6 Å². The van der Waals surface area contributed by atoms with Gasteiger partial charge < -0.3 is 4.79 Å². The molecule has 15 heavy (non-hydrogen) atoms. The van der Waals surface area contributed by atoms with Gasteiger partial charge in [-0.2, -0.15) is 0 Å². The zero-order valence-corrected chi connectivity index (χ0v) is 10.5. The maximum atomic E-state index is 10.6. The highest BCUT2D eigenvalue weighted by molar-refractivity contribution is 5.49. The van der Waals surface area contributed by atoms with Crippen LogP contribution in [0.25, 0.3) is 0 Å². The number of carbonyl (C=O) groups excluding carboxylic acids is 1. The molecule has 1 nitrogen and oxygen atoms in total. The zero-order valence-electron chi connectivity index (χ0n) is 10.5. The summed E-state index contributed by atoms with van der Waals surface area (Å²) in [4.78, 5) is 10.6. The van der Waals surface area contributed by atoms with Gasteiger partial charge in [0.15, 0.2) is 0 Å². The van der Waals surface area contributed by atoms with Crippen LogP contribution in [0, 0.1) is 28.6 Å². The van der Waals surface area contributed by atoms with E-state index in [0.717, 1.165) is 24.5 Å². The first-order chi connectivity index (χ1) is 6.92. The van der Waals surface area contributed by atoms with Crippen LogP contribution >= 0.6 is 0 Å². The van der Waals surface area contributed by atoms with Crippen molar-refractivity contribution < 1.29 is 4.79 Å². The minimum Gasteiger partial charge on any atom is -0.303 e. The summed E-state index contributed by atoms with van der Waals surface area (Å²) < 4.78 is 0. The maximum Gasteiger partial charge on any atom is 0.120 e. The molecule has 1 heteroatoms. The summed E-state index contributed by atoms with van der Waals surface area (Å²) in [6.45, 7) is 9.48.